The van der Waals surface area contributed by atoms with Crippen molar-refractivity contribution in [3.05, 3.63) is 56.8 Å². The molecule has 0 aliphatic heterocycles. The number of hydrogen-bond acceptors (Lipinski definition) is 2. The van der Waals surface area contributed by atoms with E-state index in [0.717, 1.165) is 11.6 Å². The summed E-state index contributed by atoms with van der Waals surface area (Å²) in [5.74, 6) is -0.607. The molecule has 1 amide bonds. The van der Waals surface area contributed by atoms with Gasteiger partial charge in [-0.2, -0.15) is 0 Å². The number of hydrogen-bond donors (Lipinski definition) is 0. The van der Waals surface area contributed by atoms with Gasteiger partial charge in [0.15, 0.2) is 0 Å². The number of anilines is 1. The van der Waals surface area contributed by atoms with Crippen LogP contribution in [-0.2, 0) is 0 Å². The SMILES string of the molecule is COc1cccc(C)c1N(C)C(=O)c1cc(Br)c(Cl)cc1F. The van der Waals surface area contributed by atoms with Gasteiger partial charge in [-0.15, -0.1) is 0 Å². The van der Waals surface area contributed by atoms with E-state index in [0.29, 0.717) is 15.9 Å². The second-order valence-electron chi connectivity index (χ2n) is 4.74. The van der Waals surface area contributed by atoms with Crippen LogP contribution < -0.4 is 9.64 Å². The van der Waals surface area contributed by atoms with E-state index >= 15 is 0 Å². The van der Waals surface area contributed by atoms with Crippen LogP contribution in [0.25, 0.3) is 0 Å². The second kappa shape index (κ2) is 6.67. The number of aryl methyl sites for hydroxylation is 1. The van der Waals surface area contributed by atoms with Crippen LogP contribution in [0.2, 0.25) is 5.02 Å². The number of ether oxygens (including phenoxy) is 1. The van der Waals surface area contributed by atoms with Crippen molar-refractivity contribution in [3.63, 3.8) is 0 Å². The summed E-state index contributed by atoms with van der Waals surface area (Å²) >= 11 is 9.03. The molecule has 22 heavy (non-hydrogen) atoms. The lowest BCUT2D eigenvalue weighted by atomic mass is 10.1. The van der Waals surface area contributed by atoms with Gasteiger partial charge in [0.2, 0.25) is 0 Å². The van der Waals surface area contributed by atoms with Crippen LogP contribution >= 0.6 is 27.5 Å². The summed E-state index contributed by atoms with van der Waals surface area (Å²) in [4.78, 5) is 14.0. The van der Waals surface area contributed by atoms with E-state index in [9.17, 15) is 9.18 Å². The molecule has 0 atom stereocenters. The topological polar surface area (TPSA) is 29.5 Å². The average molecular weight is 387 g/mol. The molecule has 0 aliphatic carbocycles. The van der Waals surface area contributed by atoms with Crippen molar-refractivity contribution in [3.8, 4) is 5.75 Å². The first kappa shape index (κ1) is 16.8. The molecule has 0 N–H and O–H groups in total. The van der Waals surface area contributed by atoms with Crippen molar-refractivity contribution >= 4 is 39.1 Å². The maximum atomic E-state index is 14.1. The van der Waals surface area contributed by atoms with Gasteiger partial charge in [-0.25, -0.2) is 4.39 Å². The Bertz CT molecular complexity index is 736. The first-order valence-electron chi connectivity index (χ1n) is 6.43. The van der Waals surface area contributed by atoms with Crippen molar-refractivity contribution in [2.75, 3.05) is 19.1 Å². The van der Waals surface area contributed by atoms with Gasteiger partial charge in [-0.05, 0) is 46.6 Å². The van der Waals surface area contributed by atoms with Gasteiger partial charge in [0.05, 0.1) is 23.4 Å². The molecule has 116 valence electrons. The Morgan fingerprint density at radius 2 is 2.05 bits per heavy atom. The van der Waals surface area contributed by atoms with Gasteiger partial charge >= 0.3 is 0 Å². The largest absolute Gasteiger partial charge is 0.495 e. The highest BCUT2D eigenvalue weighted by Gasteiger charge is 2.22. The van der Waals surface area contributed by atoms with Crippen molar-refractivity contribution in [1.82, 2.24) is 0 Å². The summed E-state index contributed by atoms with van der Waals surface area (Å²) in [5.41, 5.74) is 1.38. The summed E-state index contributed by atoms with van der Waals surface area (Å²) in [6.07, 6.45) is 0. The van der Waals surface area contributed by atoms with E-state index in [1.807, 2.05) is 19.1 Å². The minimum absolute atomic E-state index is 0.0657. The third kappa shape index (κ3) is 3.10. The highest BCUT2D eigenvalue weighted by atomic mass is 79.9. The number of benzene rings is 2. The lowest BCUT2D eigenvalue weighted by molar-refractivity contribution is 0.0988. The Kier molecular flexibility index (Phi) is 5.08. The Labute approximate surface area is 141 Å². The fourth-order valence-corrected chi connectivity index (χ4v) is 2.69. The van der Waals surface area contributed by atoms with Crippen molar-refractivity contribution in [1.29, 1.82) is 0 Å². The van der Waals surface area contributed by atoms with Crippen molar-refractivity contribution in [2.24, 2.45) is 0 Å². The number of halogens is 3. The maximum Gasteiger partial charge on any atom is 0.261 e. The Morgan fingerprint density at radius 3 is 2.68 bits per heavy atom. The lowest BCUT2D eigenvalue weighted by Crippen LogP contribution is -2.28. The Morgan fingerprint density at radius 1 is 1.36 bits per heavy atom. The van der Waals surface area contributed by atoms with Crippen molar-refractivity contribution < 1.29 is 13.9 Å². The summed E-state index contributed by atoms with van der Waals surface area (Å²) in [6, 6.07) is 7.93. The van der Waals surface area contributed by atoms with Crippen LogP contribution in [-0.4, -0.2) is 20.1 Å². The summed E-state index contributed by atoms with van der Waals surface area (Å²) in [6.45, 7) is 1.86. The van der Waals surface area contributed by atoms with Gasteiger partial charge < -0.3 is 9.64 Å². The smallest absolute Gasteiger partial charge is 0.261 e. The molecule has 2 aromatic rings. The second-order valence-corrected chi connectivity index (χ2v) is 6.00. The van der Waals surface area contributed by atoms with E-state index in [-0.39, 0.29) is 10.6 Å². The quantitative estimate of drug-likeness (QED) is 0.707. The molecule has 0 heterocycles. The number of amides is 1. The minimum atomic E-state index is -0.669. The van der Waals surface area contributed by atoms with Gasteiger partial charge in [-0.1, -0.05) is 23.7 Å². The van der Waals surface area contributed by atoms with Crippen LogP contribution in [0, 0.1) is 12.7 Å². The average Bonchev–Trinajstić information content (AvgIpc) is 2.49. The standard InChI is InChI=1S/C16H14BrClFNO2/c1-9-5-4-6-14(22-3)15(9)20(2)16(21)10-7-11(17)12(18)8-13(10)19/h4-8H,1-3H3. The molecule has 0 fully saturated rings. The first-order valence-corrected chi connectivity index (χ1v) is 7.60. The molecular weight excluding hydrogens is 373 g/mol. The molecule has 0 unspecified atom stereocenters. The molecule has 0 spiro atoms. The Hall–Kier alpha value is -1.59. The fraction of sp³-hybridized carbons (Fsp3) is 0.188. The van der Waals surface area contributed by atoms with Crippen LogP contribution in [0.15, 0.2) is 34.8 Å². The molecular formula is C16H14BrClFNO2. The number of carbonyl (C=O) groups is 1. The lowest BCUT2D eigenvalue weighted by Gasteiger charge is -2.22. The molecule has 2 rings (SSSR count). The first-order chi connectivity index (χ1) is 10.4. The monoisotopic (exact) mass is 385 g/mol. The van der Waals surface area contributed by atoms with Crippen LogP contribution in [0.3, 0.4) is 0 Å². The third-order valence-corrected chi connectivity index (χ3v) is 4.50. The number of nitrogens with zero attached hydrogens (tertiary/aromatic N) is 1. The van der Waals surface area contributed by atoms with Gasteiger partial charge in [0, 0.05) is 11.5 Å². The van der Waals surface area contributed by atoms with Crippen LogP contribution in [0.1, 0.15) is 15.9 Å². The Balaban J connectivity index is 2.49. The molecule has 6 heteroatoms. The summed E-state index contributed by atoms with van der Waals surface area (Å²) in [7, 11) is 3.10. The predicted octanol–water partition coefficient (Wildman–Crippen LogP) is 4.84. The van der Waals surface area contributed by atoms with E-state index in [1.165, 1.54) is 18.1 Å². The molecule has 0 saturated heterocycles. The van der Waals surface area contributed by atoms with E-state index < -0.39 is 11.7 Å². The molecule has 0 radical (unpaired) electrons. The maximum absolute atomic E-state index is 14.1. The molecule has 0 aliphatic rings. The highest BCUT2D eigenvalue weighted by molar-refractivity contribution is 9.10. The molecule has 3 nitrogen and oxygen atoms in total. The highest BCUT2D eigenvalue weighted by Crippen LogP contribution is 2.33. The molecule has 0 saturated carbocycles. The van der Waals surface area contributed by atoms with E-state index in [2.05, 4.69) is 15.9 Å². The number of methoxy groups -OCH3 is 1. The summed E-state index contributed by atoms with van der Waals surface area (Å²) in [5, 5.41) is 0.213. The normalized spacial score (nSPS) is 10.5. The fourth-order valence-electron chi connectivity index (χ4n) is 2.20. The third-order valence-electron chi connectivity index (χ3n) is 3.30. The molecule has 0 aromatic heterocycles. The molecule has 0 bridgehead atoms. The van der Waals surface area contributed by atoms with Crippen molar-refractivity contribution in [2.45, 2.75) is 6.92 Å². The van der Waals surface area contributed by atoms with E-state index in [4.69, 9.17) is 16.3 Å². The van der Waals surface area contributed by atoms with Gasteiger partial charge in [0.1, 0.15) is 11.6 Å². The number of carbonyl (C=O) groups excluding carboxylic acids is 1. The van der Waals surface area contributed by atoms with E-state index in [1.54, 1.807) is 13.1 Å². The minimum Gasteiger partial charge on any atom is -0.495 e. The van der Waals surface area contributed by atoms with Gasteiger partial charge in [-0.3, -0.25) is 4.79 Å². The zero-order chi connectivity index (χ0) is 16.4. The number of para-hydroxylation sites is 1. The summed E-state index contributed by atoms with van der Waals surface area (Å²) < 4.78 is 19.8. The predicted molar refractivity (Wildman–Crippen MR) is 89.6 cm³/mol. The zero-order valence-electron chi connectivity index (χ0n) is 12.3. The zero-order valence-corrected chi connectivity index (χ0v) is 14.6. The van der Waals surface area contributed by atoms with Crippen LogP contribution in [0.5, 0.6) is 5.75 Å². The number of rotatable bonds is 3. The molecule has 2 aromatic carbocycles. The van der Waals surface area contributed by atoms with Crippen LogP contribution in [0.4, 0.5) is 10.1 Å². The van der Waals surface area contributed by atoms with Gasteiger partial charge in [0.25, 0.3) is 5.91 Å².